The maximum Gasteiger partial charge on any atom is 0.0519 e. The number of aromatic amines is 1. The van der Waals surface area contributed by atoms with E-state index in [4.69, 9.17) is 0 Å². The predicted molar refractivity (Wildman–Crippen MR) is 40.8 cm³/mol. The number of aryl methyl sites for hydroxylation is 1. The smallest absolute Gasteiger partial charge is 0.0519 e. The van der Waals surface area contributed by atoms with Gasteiger partial charge in [-0.1, -0.05) is 0 Å². The standard InChI is InChI=1S/C6H10N2S/c9-3-1-2-6-4-7-8-5-6/h4-5,9H,1-3H2,(H,7,8). The Bertz CT molecular complexity index is 148. The highest BCUT2D eigenvalue weighted by Gasteiger charge is 1.90. The Morgan fingerprint density at radius 3 is 3.11 bits per heavy atom. The molecule has 2 nitrogen and oxygen atoms in total. The zero-order valence-corrected chi connectivity index (χ0v) is 6.06. The molecule has 0 spiro atoms. The molecular weight excluding hydrogens is 132 g/mol. The highest BCUT2D eigenvalue weighted by molar-refractivity contribution is 7.80. The van der Waals surface area contributed by atoms with Crippen LogP contribution < -0.4 is 0 Å². The van der Waals surface area contributed by atoms with Gasteiger partial charge in [-0.3, -0.25) is 5.10 Å². The molecule has 1 heterocycles. The zero-order valence-electron chi connectivity index (χ0n) is 5.17. The molecule has 0 atom stereocenters. The molecule has 1 aromatic rings. The van der Waals surface area contributed by atoms with Crippen LogP contribution in [0.2, 0.25) is 0 Å². The van der Waals surface area contributed by atoms with Crippen LogP contribution in [0.15, 0.2) is 12.4 Å². The number of nitrogens with one attached hydrogen (secondary N) is 1. The molecule has 9 heavy (non-hydrogen) atoms. The van der Waals surface area contributed by atoms with Crippen LogP contribution in [0, 0.1) is 0 Å². The van der Waals surface area contributed by atoms with Crippen LogP contribution in [0.4, 0.5) is 0 Å². The molecule has 0 fully saturated rings. The van der Waals surface area contributed by atoms with Crippen LogP contribution in [0.25, 0.3) is 0 Å². The number of aromatic nitrogens is 2. The van der Waals surface area contributed by atoms with Crippen LogP contribution in [0.1, 0.15) is 12.0 Å². The van der Waals surface area contributed by atoms with Gasteiger partial charge in [0, 0.05) is 6.20 Å². The molecule has 0 unspecified atom stereocenters. The van der Waals surface area contributed by atoms with Crippen molar-refractivity contribution >= 4 is 12.6 Å². The molecule has 0 aliphatic rings. The van der Waals surface area contributed by atoms with Crippen molar-refractivity contribution in [2.45, 2.75) is 12.8 Å². The lowest BCUT2D eigenvalue weighted by Gasteiger charge is -1.89. The first-order valence-corrected chi connectivity index (χ1v) is 3.65. The number of nitrogens with zero attached hydrogens (tertiary/aromatic N) is 1. The molecule has 0 saturated carbocycles. The fraction of sp³-hybridized carbons (Fsp3) is 0.500. The van der Waals surface area contributed by atoms with Crippen LogP contribution in [0.5, 0.6) is 0 Å². The monoisotopic (exact) mass is 142 g/mol. The molecular formula is C6H10N2S. The van der Waals surface area contributed by atoms with Crippen molar-refractivity contribution < 1.29 is 0 Å². The van der Waals surface area contributed by atoms with Gasteiger partial charge in [-0.15, -0.1) is 0 Å². The van der Waals surface area contributed by atoms with Crippen molar-refractivity contribution in [1.29, 1.82) is 0 Å². The molecule has 0 aliphatic heterocycles. The van der Waals surface area contributed by atoms with Gasteiger partial charge in [-0.25, -0.2) is 0 Å². The molecule has 0 amide bonds. The van der Waals surface area contributed by atoms with Gasteiger partial charge in [0.1, 0.15) is 0 Å². The van der Waals surface area contributed by atoms with Gasteiger partial charge in [-0.05, 0) is 24.2 Å². The Morgan fingerprint density at radius 2 is 2.56 bits per heavy atom. The average Bonchev–Trinajstić information content (AvgIpc) is 2.34. The topological polar surface area (TPSA) is 28.7 Å². The second kappa shape index (κ2) is 3.56. The highest BCUT2D eigenvalue weighted by atomic mass is 32.1. The number of H-pyrrole nitrogens is 1. The van der Waals surface area contributed by atoms with E-state index in [0.29, 0.717) is 0 Å². The molecule has 1 N–H and O–H groups in total. The van der Waals surface area contributed by atoms with Crippen molar-refractivity contribution in [2.24, 2.45) is 0 Å². The normalized spacial score (nSPS) is 9.89. The van der Waals surface area contributed by atoms with Crippen LogP contribution >= 0.6 is 12.6 Å². The van der Waals surface area contributed by atoms with Crippen molar-refractivity contribution in [3.63, 3.8) is 0 Å². The van der Waals surface area contributed by atoms with Gasteiger partial charge < -0.3 is 0 Å². The third-order valence-electron chi connectivity index (χ3n) is 1.18. The Morgan fingerprint density at radius 1 is 1.67 bits per heavy atom. The maximum absolute atomic E-state index is 4.10. The number of thiol groups is 1. The van der Waals surface area contributed by atoms with E-state index in [0.717, 1.165) is 18.6 Å². The van der Waals surface area contributed by atoms with Gasteiger partial charge in [0.05, 0.1) is 6.20 Å². The molecule has 0 bridgehead atoms. The molecule has 1 rings (SSSR count). The summed E-state index contributed by atoms with van der Waals surface area (Å²) >= 11 is 4.10. The SMILES string of the molecule is SCCCc1cn[nH]c1. The van der Waals surface area contributed by atoms with E-state index in [-0.39, 0.29) is 0 Å². The summed E-state index contributed by atoms with van der Waals surface area (Å²) in [7, 11) is 0. The third-order valence-corrected chi connectivity index (χ3v) is 1.49. The fourth-order valence-electron chi connectivity index (χ4n) is 0.698. The summed E-state index contributed by atoms with van der Waals surface area (Å²) in [5, 5.41) is 6.59. The average molecular weight is 142 g/mol. The molecule has 0 aromatic carbocycles. The second-order valence-electron chi connectivity index (χ2n) is 1.93. The summed E-state index contributed by atoms with van der Waals surface area (Å²) in [5.74, 6) is 0.950. The Kier molecular flexibility index (Phi) is 2.64. The molecule has 1 aromatic heterocycles. The fourth-order valence-corrected chi connectivity index (χ4v) is 0.856. The van der Waals surface area contributed by atoms with E-state index >= 15 is 0 Å². The molecule has 0 saturated heterocycles. The Labute approximate surface area is 60.1 Å². The van der Waals surface area contributed by atoms with Crippen molar-refractivity contribution in [2.75, 3.05) is 5.75 Å². The van der Waals surface area contributed by atoms with Gasteiger partial charge in [0.2, 0.25) is 0 Å². The summed E-state index contributed by atoms with van der Waals surface area (Å²) in [5.41, 5.74) is 1.27. The lowest BCUT2D eigenvalue weighted by molar-refractivity contribution is 0.937. The zero-order chi connectivity index (χ0) is 6.53. The van der Waals surface area contributed by atoms with Gasteiger partial charge in [0.15, 0.2) is 0 Å². The van der Waals surface area contributed by atoms with E-state index in [1.54, 1.807) is 0 Å². The van der Waals surface area contributed by atoms with E-state index in [1.807, 2.05) is 12.4 Å². The van der Waals surface area contributed by atoms with Crippen LogP contribution in [-0.4, -0.2) is 16.0 Å². The lowest BCUT2D eigenvalue weighted by Crippen LogP contribution is -1.81. The van der Waals surface area contributed by atoms with Crippen molar-refractivity contribution in [3.05, 3.63) is 18.0 Å². The minimum absolute atomic E-state index is 0.950. The largest absolute Gasteiger partial charge is 0.285 e. The quantitative estimate of drug-likeness (QED) is 0.611. The number of hydrogen-bond donors (Lipinski definition) is 2. The first kappa shape index (κ1) is 6.68. The van der Waals surface area contributed by atoms with E-state index < -0.39 is 0 Å². The number of rotatable bonds is 3. The number of hydrogen-bond acceptors (Lipinski definition) is 2. The summed E-state index contributed by atoms with van der Waals surface area (Å²) in [6, 6.07) is 0. The molecule has 3 heteroatoms. The summed E-state index contributed by atoms with van der Waals surface area (Å²) in [6.45, 7) is 0. The molecule has 0 radical (unpaired) electrons. The van der Waals surface area contributed by atoms with E-state index in [1.165, 1.54) is 5.56 Å². The Hall–Kier alpha value is -0.440. The molecule has 0 aliphatic carbocycles. The van der Waals surface area contributed by atoms with Crippen LogP contribution in [0.3, 0.4) is 0 Å². The first-order valence-electron chi connectivity index (χ1n) is 3.02. The Balaban J connectivity index is 2.30. The summed E-state index contributed by atoms with van der Waals surface area (Å²) in [4.78, 5) is 0. The first-order chi connectivity index (χ1) is 4.43. The van der Waals surface area contributed by atoms with Crippen molar-refractivity contribution in [3.8, 4) is 0 Å². The molecule has 50 valence electrons. The third kappa shape index (κ3) is 2.10. The predicted octanol–water partition coefficient (Wildman–Crippen LogP) is 1.27. The van der Waals surface area contributed by atoms with Gasteiger partial charge >= 0.3 is 0 Å². The van der Waals surface area contributed by atoms with Gasteiger partial charge in [-0.2, -0.15) is 17.7 Å². The highest BCUT2D eigenvalue weighted by Crippen LogP contribution is 1.98. The van der Waals surface area contributed by atoms with Gasteiger partial charge in [0.25, 0.3) is 0 Å². The second-order valence-corrected chi connectivity index (χ2v) is 2.38. The van der Waals surface area contributed by atoms with E-state index in [9.17, 15) is 0 Å². The summed E-state index contributed by atoms with van der Waals surface area (Å²) in [6.07, 6.45) is 5.98. The van der Waals surface area contributed by atoms with E-state index in [2.05, 4.69) is 22.8 Å². The summed E-state index contributed by atoms with van der Waals surface area (Å²) < 4.78 is 0. The lowest BCUT2D eigenvalue weighted by atomic mass is 10.2. The van der Waals surface area contributed by atoms with Crippen LogP contribution in [-0.2, 0) is 6.42 Å². The maximum atomic E-state index is 4.10. The van der Waals surface area contributed by atoms with Crippen molar-refractivity contribution in [1.82, 2.24) is 10.2 Å². The minimum Gasteiger partial charge on any atom is -0.285 e. The minimum atomic E-state index is 0.950.